The van der Waals surface area contributed by atoms with Crippen molar-refractivity contribution in [3.8, 4) is 0 Å². The van der Waals surface area contributed by atoms with Crippen LogP contribution < -0.4 is 5.56 Å². The van der Waals surface area contributed by atoms with Gasteiger partial charge in [0.15, 0.2) is 0 Å². The van der Waals surface area contributed by atoms with Crippen LogP contribution in [-0.4, -0.2) is 32.3 Å². The molecule has 4 rings (SSSR count). The summed E-state index contributed by atoms with van der Waals surface area (Å²) in [5.74, 6) is 1.20. The third-order valence-electron chi connectivity index (χ3n) is 4.90. The SMILES string of the molecule is CCN(Cc1nc2ccccc2c(=O)[nH]1)C(=O)c1ccc(SCc2cccnc2)cc1. The van der Waals surface area contributed by atoms with Crippen molar-refractivity contribution in [2.75, 3.05) is 6.54 Å². The van der Waals surface area contributed by atoms with Gasteiger partial charge in [0.25, 0.3) is 11.5 Å². The molecule has 7 heteroatoms. The molecule has 156 valence electrons. The third-order valence-corrected chi connectivity index (χ3v) is 5.98. The first-order chi connectivity index (χ1) is 15.1. The molecule has 0 unspecified atom stereocenters. The number of nitrogens with one attached hydrogen (secondary N) is 1. The van der Waals surface area contributed by atoms with E-state index in [9.17, 15) is 9.59 Å². The van der Waals surface area contributed by atoms with E-state index in [1.807, 2.05) is 55.6 Å². The van der Waals surface area contributed by atoms with E-state index in [1.165, 1.54) is 0 Å². The zero-order chi connectivity index (χ0) is 21.6. The molecule has 0 radical (unpaired) electrons. The van der Waals surface area contributed by atoms with Crippen LogP contribution >= 0.6 is 11.8 Å². The number of benzene rings is 2. The number of thioether (sulfide) groups is 1. The van der Waals surface area contributed by atoms with Crippen LogP contribution in [0.3, 0.4) is 0 Å². The second-order valence-electron chi connectivity index (χ2n) is 7.02. The summed E-state index contributed by atoms with van der Waals surface area (Å²) < 4.78 is 0. The van der Waals surface area contributed by atoms with Crippen LogP contribution in [0.1, 0.15) is 28.7 Å². The molecule has 0 saturated carbocycles. The first-order valence-corrected chi connectivity index (χ1v) is 11.0. The summed E-state index contributed by atoms with van der Waals surface area (Å²) in [5, 5.41) is 0.542. The average molecular weight is 431 g/mol. The van der Waals surface area contributed by atoms with Gasteiger partial charge >= 0.3 is 0 Å². The van der Waals surface area contributed by atoms with Gasteiger partial charge in [0.05, 0.1) is 17.4 Å². The van der Waals surface area contributed by atoms with Crippen molar-refractivity contribution in [2.24, 2.45) is 0 Å². The summed E-state index contributed by atoms with van der Waals surface area (Å²) in [5.41, 5.74) is 2.19. The Morgan fingerprint density at radius 2 is 1.87 bits per heavy atom. The zero-order valence-corrected chi connectivity index (χ0v) is 17.9. The Bertz CT molecular complexity index is 1240. The van der Waals surface area contributed by atoms with E-state index in [2.05, 4.69) is 15.0 Å². The van der Waals surface area contributed by atoms with Gasteiger partial charge < -0.3 is 9.88 Å². The van der Waals surface area contributed by atoms with Crippen LogP contribution in [0.5, 0.6) is 0 Å². The van der Waals surface area contributed by atoms with E-state index in [-0.39, 0.29) is 18.0 Å². The molecular formula is C24H22N4O2S. The van der Waals surface area contributed by atoms with E-state index >= 15 is 0 Å². The van der Waals surface area contributed by atoms with Crippen molar-refractivity contribution >= 4 is 28.6 Å². The molecule has 0 saturated heterocycles. The topological polar surface area (TPSA) is 79.0 Å². The van der Waals surface area contributed by atoms with Gasteiger partial charge in [0.2, 0.25) is 0 Å². The quantitative estimate of drug-likeness (QED) is 0.443. The lowest BCUT2D eigenvalue weighted by Crippen LogP contribution is -2.31. The predicted octanol–water partition coefficient (Wildman–Crippen LogP) is 4.27. The van der Waals surface area contributed by atoms with Gasteiger partial charge in [-0.25, -0.2) is 4.98 Å². The maximum absolute atomic E-state index is 13.0. The number of H-pyrrole nitrogens is 1. The highest BCUT2D eigenvalue weighted by Crippen LogP contribution is 2.23. The minimum atomic E-state index is -0.195. The fourth-order valence-electron chi connectivity index (χ4n) is 3.24. The molecule has 1 amide bonds. The fraction of sp³-hybridized carbons (Fsp3) is 0.167. The maximum Gasteiger partial charge on any atom is 0.258 e. The summed E-state index contributed by atoms with van der Waals surface area (Å²) in [6.45, 7) is 2.66. The van der Waals surface area contributed by atoms with Crippen LogP contribution in [0.25, 0.3) is 10.9 Å². The summed E-state index contributed by atoms with van der Waals surface area (Å²) in [6.07, 6.45) is 3.62. The van der Waals surface area contributed by atoms with E-state index in [0.717, 1.165) is 16.2 Å². The Balaban J connectivity index is 1.45. The average Bonchev–Trinajstić information content (AvgIpc) is 2.82. The number of carbonyl (C=O) groups is 1. The lowest BCUT2D eigenvalue weighted by Gasteiger charge is -2.20. The summed E-state index contributed by atoms with van der Waals surface area (Å²) in [6, 6.07) is 18.7. The molecular weight excluding hydrogens is 408 g/mol. The van der Waals surface area contributed by atoms with Crippen molar-refractivity contribution in [2.45, 2.75) is 24.1 Å². The van der Waals surface area contributed by atoms with Crippen molar-refractivity contribution in [3.63, 3.8) is 0 Å². The van der Waals surface area contributed by atoms with Crippen molar-refractivity contribution in [3.05, 3.63) is 100 Å². The highest BCUT2D eigenvalue weighted by molar-refractivity contribution is 7.98. The maximum atomic E-state index is 13.0. The number of carbonyl (C=O) groups excluding carboxylic acids is 1. The standard InChI is InChI=1S/C24H22N4O2S/c1-2-28(15-22-26-21-8-4-3-7-20(21)23(29)27-22)24(30)18-9-11-19(12-10-18)31-16-17-6-5-13-25-14-17/h3-14H,2,15-16H2,1H3,(H,26,27,29). The molecule has 2 aromatic carbocycles. The molecule has 0 fully saturated rings. The summed E-state index contributed by atoms with van der Waals surface area (Å²) in [7, 11) is 0. The largest absolute Gasteiger partial charge is 0.331 e. The second-order valence-corrected chi connectivity index (χ2v) is 8.07. The predicted molar refractivity (Wildman–Crippen MR) is 123 cm³/mol. The zero-order valence-electron chi connectivity index (χ0n) is 17.1. The first-order valence-electron chi connectivity index (χ1n) is 10.0. The Morgan fingerprint density at radius 3 is 2.61 bits per heavy atom. The van der Waals surface area contributed by atoms with Crippen LogP contribution in [0.4, 0.5) is 0 Å². The minimum Gasteiger partial charge on any atom is -0.331 e. The molecule has 0 aliphatic rings. The van der Waals surface area contributed by atoms with Gasteiger partial charge in [-0.2, -0.15) is 0 Å². The number of hydrogen-bond acceptors (Lipinski definition) is 5. The Hall–Kier alpha value is -3.45. The van der Waals surface area contributed by atoms with E-state index in [4.69, 9.17) is 0 Å². The molecule has 2 heterocycles. The number of amides is 1. The molecule has 0 spiro atoms. The monoisotopic (exact) mass is 430 g/mol. The summed E-state index contributed by atoms with van der Waals surface area (Å²) >= 11 is 1.70. The Labute approximate surface area is 184 Å². The lowest BCUT2D eigenvalue weighted by atomic mass is 10.2. The molecule has 0 atom stereocenters. The molecule has 2 aromatic heterocycles. The molecule has 0 aliphatic carbocycles. The fourth-order valence-corrected chi connectivity index (χ4v) is 4.08. The van der Waals surface area contributed by atoms with Gasteiger partial charge in [0.1, 0.15) is 5.82 Å². The van der Waals surface area contributed by atoms with Crippen LogP contribution in [-0.2, 0) is 12.3 Å². The van der Waals surface area contributed by atoms with Gasteiger partial charge in [-0.1, -0.05) is 18.2 Å². The molecule has 0 bridgehead atoms. The van der Waals surface area contributed by atoms with E-state index in [1.54, 1.807) is 41.1 Å². The highest BCUT2D eigenvalue weighted by atomic mass is 32.2. The first kappa shape index (κ1) is 20.8. The molecule has 6 nitrogen and oxygen atoms in total. The number of aromatic amines is 1. The number of fused-ring (bicyclic) bond motifs is 1. The second kappa shape index (κ2) is 9.57. The summed E-state index contributed by atoms with van der Waals surface area (Å²) in [4.78, 5) is 39.5. The van der Waals surface area contributed by atoms with Gasteiger partial charge in [0, 0.05) is 35.2 Å². The minimum absolute atomic E-state index is 0.0953. The smallest absolute Gasteiger partial charge is 0.258 e. The van der Waals surface area contributed by atoms with E-state index < -0.39 is 0 Å². The highest BCUT2D eigenvalue weighted by Gasteiger charge is 2.16. The van der Waals surface area contributed by atoms with Gasteiger partial charge in [-0.15, -0.1) is 11.8 Å². The van der Waals surface area contributed by atoms with Gasteiger partial charge in [-0.3, -0.25) is 14.6 Å². The van der Waals surface area contributed by atoms with Crippen molar-refractivity contribution in [1.29, 1.82) is 0 Å². The molecule has 1 N–H and O–H groups in total. The molecule has 4 aromatic rings. The number of pyridine rings is 1. The number of rotatable bonds is 7. The van der Waals surface area contributed by atoms with E-state index in [0.29, 0.717) is 28.8 Å². The Morgan fingerprint density at radius 1 is 1.06 bits per heavy atom. The Kier molecular flexibility index (Phi) is 6.43. The van der Waals surface area contributed by atoms with Gasteiger partial charge in [-0.05, 0) is 55.0 Å². The van der Waals surface area contributed by atoms with Crippen molar-refractivity contribution < 1.29 is 4.79 Å². The lowest BCUT2D eigenvalue weighted by molar-refractivity contribution is 0.0748. The van der Waals surface area contributed by atoms with Crippen LogP contribution in [0, 0.1) is 0 Å². The molecule has 0 aliphatic heterocycles. The molecule has 31 heavy (non-hydrogen) atoms. The van der Waals surface area contributed by atoms with Crippen LogP contribution in [0.15, 0.2) is 82.7 Å². The number of hydrogen-bond donors (Lipinski definition) is 1. The number of nitrogens with zero attached hydrogens (tertiary/aromatic N) is 3. The number of aromatic nitrogens is 3. The normalized spacial score (nSPS) is 10.9. The van der Waals surface area contributed by atoms with Crippen LogP contribution in [0.2, 0.25) is 0 Å². The van der Waals surface area contributed by atoms with Crippen molar-refractivity contribution in [1.82, 2.24) is 19.9 Å². The number of para-hydroxylation sites is 1. The third kappa shape index (κ3) is 5.00.